The van der Waals surface area contributed by atoms with Gasteiger partial charge in [-0.3, -0.25) is 0 Å². The van der Waals surface area contributed by atoms with E-state index in [4.69, 9.17) is 4.74 Å². The fourth-order valence-electron chi connectivity index (χ4n) is 2.42. The van der Waals surface area contributed by atoms with Crippen LogP contribution in [0.5, 0.6) is 0 Å². The van der Waals surface area contributed by atoms with Gasteiger partial charge in [0.1, 0.15) is 0 Å². The van der Waals surface area contributed by atoms with Crippen LogP contribution in [0.2, 0.25) is 0 Å². The van der Waals surface area contributed by atoms with Crippen LogP contribution in [-0.2, 0) is 11.2 Å². The number of benzene rings is 1. The van der Waals surface area contributed by atoms with E-state index in [2.05, 4.69) is 53.3 Å². The second kappa shape index (κ2) is 6.69. The molecule has 0 spiro atoms. The van der Waals surface area contributed by atoms with Gasteiger partial charge in [0.2, 0.25) is 0 Å². The fraction of sp³-hybridized carbons (Fsp3) is 0.600. The molecule has 0 aliphatic heterocycles. The summed E-state index contributed by atoms with van der Waals surface area (Å²) in [5.74, 6) is 0.620. The summed E-state index contributed by atoms with van der Waals surface area (Å²) in [5, 5.41) is 3.59. The van der Waals surface area contributed by atoms with Crippen LogP contribution in [0, 0.1) is 5.92 Å². The molecule has 1 unspecified atom stereocenters. The molecule has 0 saturated carbocycles. The molecule has 1 N–H and O–H groups in total. The van der Waals surface area contributed by atoms with Crippen molar-refractivity contribution in [1.82, 2.24) is 5.32 Å². The monoisotopic (exact) mass is 311 g/mol. The molecule has 1 aliphatic carbocycles. The van der Waals surface area contributed by atoms with Crippen LogP contribution >= 0.6 is 15.9 Å². The molecule has 0 fully saturated rings. The Balaban J connectivity index is 1.76. The van der Waals surface area contributed by atoms with E-state index in [1.807, 2.05) is 0 Å². The van der Waals surface area contributed by atoms with Crippen LogP contribution < -0.4 is 5.32 Å². The molecule has 0 radical (unpaired) electrons. The molecular formula is C15H22BrNO. The summed E-state index contributed by atoms with van der Waals surface area (Å²) < 4.78 is 6.77. The molecule has 1 aromatic rings. The summed E-state index contributed by atoms with van der Waals surface area (Å²) >= 11 is 3.53. The predicted molar refractivity (Wildman–Crippen MR) is 78.9 cm³/mol. The third kappa shape index (κ3) is 3.81. The van der Waals surface area contributed by atoms with Crippen LogP contribution in [0.15, 0.2) is 22.7 Å². The molecule has 0 heterocycles. The van der Waals surface area contributed by atoms with Crippen LogP contribution in [0.3, 0.4) is 0 Å². The van der Waals surface area contributed by atoms with E-state index < -0.39 is 0 Å². The summed E-state index contributed by atoms with van der Waals surface area (Å²) in [6, 6.07) is 7.12. The molecule has 18 heavy (non-hydrogen) atoms. The second-order valence-corrected chi connectivity index (χ2v) is 6.27. The van der Waals surface area contributed by atoms with Crippen molar-refractivity contribution in [2.24, 2.45) is 5.92 Å². The molecule has 3 heteroatoms. The predicted octanol–water partition coefficient (Wildman–Crippen LogP) is 3.70. The Bertz CT molecular complexity index is 392. The van der Waals surface area contributed by atoms with Gasteiger partial charge in [0.05, 0.1) is 6.61 Å². The van der Waals surface area contributed by atoms with Gasteiger partial charge in [0.25, 0.3) is 0 Å². The maximum Gasteiger partial charge on any atom is 0.0591 e. The zero-order valence-corrected chi connectivity index (χ0v) is 12.8. The molecule has 1 atom stereocenters. The van der Waals surface area contributed by atoms with Gasteiger partial charge in [-0.2, -0.15) is 0 Å². The van der Waals surface area contributed by atoms with Crippen molar-refractivity contribution in [3.8, 4) is 0 Å². The number of hydrogen-bond acceptors (Lipinski definition) is 2. The second-order valence-electron chi connectivity index (χ2n) is 5.36. The van der Waals surface area contributed by atoms with Crippen LogP contribution in [0.4, 0.5) is 0 Å². The Morgan fingerprint density at radius 2 is 2.28 bits per heavy atom. The Morgan fingerprint density at radius 1 is 1.44 bits per heavy atom. The van der Waals surface area contributed by atoms with Crippen molar-refractivity contribution in [3.05, 3.63) is 33.8 Å². The maximum absolute atomic E-state index is 5.59. The first-order chi connectivity index (χ1) is 8.66. The summed E-state index contributed by atoms with van der Waals surface area (Å²) in [4.78, 5) is 0. The molecule has 0 amide bonds. The van der Waals surface area contributed by atoms with Crippen molar-refractivity contribution in [3.63, 3.8) is 0 Å². The molecule has 2 nitrogen and oxygen atoms in total. The number of halogens is 1. The van der Waals surface area contributed by atoms with Crippen molar-refractivity contribution < 1.29 is 4.74 Å². The quantitative estimate of drug-likeness (QED) is 0.809. The van der Waals surface area contributed by atoms with E-state index in [-0.39, 0.29) is 0 Å². The first kappa shape index (κ1) is 14.0. The first-order valence-corrected chi connectivity index (χ1v) is 7.55. The summed E-state index contributed by atoms with van der Waals surface area (Å²) in [6.07, 6.45) is 2.38. The molecule has 0 saturated heterocycles. The topological polar surface area (TPSA) is 21.3 Å². The van der Waals surface area contributed by atoms with Gasteiger partial charge >= 0.3 is 0 Å². The Labute approximate surface area is 118 Å². The molecular weight excluding hydrogens is 290 g/mol. The van der Waals surface area contributed by atoms with E-state index in [9.17, 15) is 0 Å². The number of rotatable bonds is 6. The molecule has 0 bridgehead atoms. The summed E-state index contributed by atoms with van der Waals surface area (Å²) in [6.45, 7) is 6.96. The van der Waals surface area contributed by atoms with Gasteiger partial charge in [-0.25, -0.2) is 0 Å². The lowest BCUT2D eigenvalue weighted by atomic mass is 10.1. The number of fused-ring (bicyclic) bond motifs is 1. The molecule has 1 aliphatic rings. The number of ether oxygens (including phenoxy) is 1. The lowest BCUT2D eigenvalue weighted by Crippen LogP contribution is -2.24. The van der Waals surface area contributed by atoms with Crippen molar-refractivity contribution in [2.75, 3.05) is 19.8 Å². The Hall–Kier alpha value is -0.380. The fourth-order valence-corrected chi connectivity index (χ4v) is 2.83. The number of hydrogen-bond donors (Lipinski definition) is 1. The minimum atomic E-state index is 0.510. The summed E-state index contributed by atoms with van der Waals surface area (Å²) in [7, 11) is 0. The smallest absolute Gasteiger partial charge is 0.0591 e. The zero-order chi connectivity index (χ0) is 13.0. The van der Waals surface area contributed by atoms with E-state index in [0.717, 1.165) is 19.8 Å². The van der Waals surface area contributed by atoms with E-state index in [1.54, 1.807) is 0 Å². The SMILES string of the molecule is CC(C)COCCNC1CCc2cc(Br)ccc21. The van der Waals surface area contributed by atoms with Crippen molar-refractivity contribution in [2.45, 2.75) is 32.7 Å². The minimum absolute atomic E-state index is 0.510. The highest BCUT2D eigenvalue weighted by molar-refractivity contribution is 9.10. The first-order valence-electron chi connectivity index (χ1n) is 6.76. The van der Waals surface area contributed by atoms with E-state index in [1.165, 1.54) is 28.4 Å². The number of nitrogens with one attached hydrogen (secondary N) is 1. The van der Waals surface area contributed by atoms with Crippen LogP contribution in [0.25, 0.3) is 0 Å². The third-order valence-corrected chi connectivity index (χ3v) is 3.76. The van der Waals surface area contributed by atoms with Gasteiger partial charge in [-0.15, -0.1) is 0 Å². The third-order valence-electron chi connectivity index (χ3n) is 3.27. The zero-order valence-electron chi connectivity index (χ0n) is 11.2. The number of aryl methyl sites for hydroxylation is 1. The van der Waals surface area contributed by atoms with E-state index >= 15 is 0 Å². The van der Waals surface area contributed by atoms with Gasteiger partial charge in [-0.1, -0.05) is 35.8 Å². The average Bonchev–Trinajstić information content (AvgIpc) is 2.70. The van der Waals surface area contributed by atoms with Crippen LogP contribution in [-0.4, -0.2) is 19.8 Å². The van der Waals surface area contributed by atoms with Gasteiger partial charge in [-0.05, 0) is 42.0 Å². The molecule has 100 valence electrons. The maximum atomic E-state index is 5.59. The van der Waals surface area contributed by atoms with Gasteiger partial charge < -0.3 is 10.1 Å². The Morgan fingerprint density at radius 3 is 3.06 bits per heavy atom. The van der Waals surface area contributed by atoms with Crippen molar-refractivity contribution >= 4 is 15.9 Å². The van der Waals surface area contributed by atoms with Crippen molar-refractivity contribution in [1.29, 1.82) is 0 Å². The molecule has 2 rings (SSSR count). The highest BCUT2D eigenvalue weighted by Gasteiger charge is 2.21. The average molecular weight is 312 g/mol. The summed E-state index contributed by atoms with van der Waals surface area (Å²) in [5.41, 5.74) is 2.94. The van der Waals surface area contributed by atoms with E-state index in [0.29, 0.717) is 12.0 Å². The lowest BCUT2D eigenvalue weighted by Gasteiger charge is -2.14. The standard InChI is InChI=1S/C15H22BrNO/c1-11(2)10-18-8-7-17-15-6-3-12-9-13(16)4-5-14(12)15/h4-5,9,11,15,17H,3,6-8,10H2,1-2H3. The lowest BCUT2D eigenvalue weighted by molar-refractivity contribution is 0.110. The molecule has 1 aromatic carbocycles. The Kier molecular flexibility index (Phi) is 5.22. The molecule has 0 aromatic heterocycles. The normalized spacial score (nSPS) is 18.3. The van der Waals surface area contributed by atoms with Crippen LogP contribution in [0.1, 0.15) is 37.4 Å². The van der Waals surface area contributed by atoms with Gasteiger partial charge in [0, 0.05) is 23.7 Å². The highest BCUT2D eigenvalue weighted by Crippen LogP contribution is 2.32. The minimum Gasteiger partial charge on any atom is -0.380 e. The highest BCUT2D eigenvalue weighted by atomic mass is 79.9. The van der Waals surface area contributed by atoms with Gasteiger partial charge in [0.15, 0.2) is 0 Å². The largest absolute Gasteiger partial charge is 0.380 e.